The van der Waals surface area contributed by atoms with Crippen molar-refractivity contribution in [2.75, 3.05) is 0 Å². The number of nitrogens with zero attached hydrogens (tertiary/aromatic N) is 1. The molecule has 1 heterocycles. The average Bonchev–Trinajstić information content (AvgIpc) is 3.37. The second kappa shape index (κ2) is 6.33. The second-order valence-electron chi connectivity index (χ2n) is 6.09. The molecule has 1 amide bonds. The number of likely N-dealkylation sites (tertiary alicyclic amines) is 1. The summed E-state index contributed by atoms with van der Waals surface area (Å²) in [6, 6.07) is 10.3. The first kappa shape index (κ1) is 14.2. The summed E-state index contributed by atoms with van der Waals surface area (Å²) in [4.78, 5) is 14.5. The van der Waals surface area contributed by atoms with Crippen LogP contribution in [-0.4, -0.2) is 23.1 Å². The van der Waals surface area contributed by atoms with E-state index in [1.54, 1.807) is 0 Å². The lowest BCUT2D eigenvalue weighted by Crippen LogP contribution is -2.50. The zero-order valence-electron chi connectivity index (χ0n) is 12.4. The molecule has 0 N–H and O–H groups in total. The van der Waals surface area contributed by atoms with E-state index >= 15 is 0 Å². The maximum Gasteiger partial charge on any atom is 0.410 e. The summed E-state index contributed by atoms with van der Waals surface area (Å²) in [6.07, 6.45) is 7.51. The first-order valence-electron chi connectivity index (χ1n) is 7.91. The van der Waals surface area contributed by atoms with Crippen LogP contribution in [0.15, 0.2) is 43.0 Å². The Morgan fingerprint density at radius 3 is 2.67 bits per heavy atom. The van der Waals surface area contributed by atoms with Crippen LogP contribution in [0.1, 0.15) is 37.7 Å². The van der Waals surface area contributed by atoms with Gasteiger partial charge >= 0.3 is 6.09 Å². The van der Waals surface area contributed by atoms with E-state index in [1.807, 2.05) is 41.3 Å². The fourth-order valence-electron chi connectivity index (χ4n) is 3.30. The Bertz CT molecular complexity index is 495. The fraction of sp³-hybridized carbons (Fsp3) is 0.500. The Labute approximate surface area is 126 Å². The van der Waals surface area contributed by atoms with Crippen LogP contribution >= 0.6 is 0 Å². The molecule has 0 spiro atoms. The monoisotopic (exact) mass is 285 g/mol. The average molecular weight is 285 g/mol. The number of ether oxygens (including phenoxy) is 1. The maximum atomic E-state index is 12.5. The summed E-state index contributed by atoms with van der Waals surface area (Å²) in [5, 5.41) is 0. The van der Waals surface area contributed by atoms with Crippen LogP contribution in [0.25, 0.3) is 0 Å². The molecular formula is C18H23NO2. The number of hydrogen-bond donors (Lipinski definition) is 0. The third kappa shape index (κ3) is 3.29. The number of amides is 1. The molecule has 2 atom stereocenters. The molecule has 1 aliphatic heterocycles. The molecule has 0 radical (unpaired) electrons. The van der Waals surface area contributed by atoms with Crippen molar-refractivity contribution in [1.82, 2.24) is 4.90 Å². The van der Waals surface area contributed by atoms with Gasteiger partial charge in [-0.25, -0.2) is 4.79 Å². The van der Waals surface area contributed by atoms with Gasteiger partial charge in [-0.2, -0.15) is 0 Å². The van der Waals surface area contributed by atoms with E-state index in [4.69, 9.17) is 4.74 Å². The van der Waals surface area contributed by atoms with Crippen molar-refractivity contribution in [3.8, 4) is 0 Å². The number of carbonyl (C=O) groups is 1. The number of rotatable bonds is 4. The zero-order chi connectivity index (χ0) is 14.7. The van der Waals surface area contributed by atoms with E-state index in [1.165, 1.54) is 19.3 Å². The molecule has 0 aromatic heterocycles. The van der Waals surface area contributed by atoms with E-state index in [0.29, 0.717) is 18.6 Å². The van der Waals surface area contributed by atoms with Crippen LogP contribution in [0.2, 0.25) is 0 Å². The van der Waals surface area contributed by atoms with Gasteiger partial charge in [0.05, 0.1) is 6.04 Å². The second-order valence-corrected chi connectivity index (χ2v) is 6.09. The van der Waals surface area contributed by atoms with Gasteiger partial charge in [0.15, 0.2) is 0 Å². The van der Waals surface area contributed by atoms with Gasteiger partial charge in [-0.15, -0.1) is 6.58 Å². The third-order valence-electron chi connectivity index (χ3n) is 4.57. The van der Waals surface area contributed by atoms with Gasteiger partial charge in [-0.1, -0.05) is 36.4 Å². The van der Waals surface area contributed by atoms with Gasteiger partial charge in [0.1, 0.15) is 6.61 Å². The molecule has 3 rings (SSSR count). The molecule has 0 bridgehead atoms. The molecular weight excluding hydrogens is 262 g/mol. The Morgan fingerprint density at radius 2 is 2.00 bits per heavy atom. The van der Waals surface area contributed by atoms with Crippen LogP contribution in [0.4, 0.5) is 4.79 Å². The lowest BCUT2D eigenvalue weighted by atomic mass is 9.93. The number of piperidine rings is 1. The summed E-state index contributed by atoms with van der Waals surface area (Å²) >= 11 is 0. The quantitative estimate of drug-likeness (QED) is 0.778. The highest BCUT2D eigenvalue weighted by atomic mass is 16.6. The van der Waals surface area contributed by atoms with Crippen molar-refractivity contribution in [3.05, 3.63) is 48.6 Å². The lowest BCUT2D eigenvalue weighted by Gasteiger charge is -2.40. The molecule has 1 aromatic rings. The molecule has 1 aromatic carbocycles. The molecule has 0 unspecified atom stereocenters. The number of hydrogen-bond acceptors (Lipinski definition) is 2. The molecule has 21 heavy (non-hydrogen) atoms. The van der Waals surface area contributed by atoms with Crippen LogP contribution in [0.5, 0.6) is 0 Å². The van der Waals surface area contributed by atoms with Gasteiger partial charge in [0.2, 0.25) is 0 Å². The molecule has 1 saturated carbocycles. The van der Waals surface area contributed by atoms with Crippen molar-refractivity contribution >= 4 is 6.09 Å². The van der Waals surface area contributed by atoms with Gasteiger partial charge in [0.25, 0.3) is 0 Å². The van der Waals surface area contributed by atoms with Crippen molar-refractivity contribution in [2.45, 2.75) is 50.8 Å². The Hall–Kier alpha value is -1.77. The van der Waals surface area contributed by atoms with Crippen LogP contribution in [0.3, 0.4) is 0 Å². The predicted octanol–water partition coefficient (Wildman–Crippen LogP) is 4.14. The van der Waals surface area contributed by atoms with Crippen molar-refractivity contribution in [3.63, 3.8) is 0 Å². The van der Waals surface area contributed by atoms with Crippen LogP contribution < -0.4 is 0 Å². The number of benzene rings is 1. The topological polar surface area (TPSA) is 29.5 Å². The minimum absolute atomic E-state index is 0.132. The molecule has 3 nitrogen and oxygen atoms in total. The SMILES string of the molecule is C=C[C@H]1CCC[C@@H](C2CC2)N1C(=O)OCc1ccccc1. The molecule has 3 heteroatoms. The number of carbonyl (C=O) groups excluding carboxylic acids is 1. The van der Waals surface area contributed by atoms with E-state index in [0.717, 1.165) is 18.4 Å². The molecule has 2 aliphatic rings. The first-order valence-corrected chi connectivity index (χ1v) is 7.91. The smallest absolute Gasteiger partial charge is 0.410 e. The van der Waals surface area contributed by atoms with E-state index in [-0.39, 0.29) is 12.1 Å². The summed E-state index contributed by atoms with van der Waals surface area (Å²) in [5.41, 5.74) is 1.03. The van der Waals surface area contributed by atoms with Gasteiger partial charge < -0.3 is 4.74 Å². The Balaban J connectivity index is 1.66. The molecule has 112 valence electrons. The highest BCUT2D eigenvalue weighted by Gasteiger charge is 2.42. The highest BCUT2D eigenvalue weighted by Crippen LogP contribution is 2.41. The van der Waals surface area contributed by atoms with E-state index < -0.39 is 0 Å². The van der Waals surface area contributed by atoms with Crippen LogP contribution in [-0.2, 0) is 11.3 Å². The first-order chi connectivity index (χ1) is 10.3. The van der Waals surface area contributed by atoms with E-state index in [9.17, 15) is 4.79 Å². The summed E-state index contributed by atoms with van der Waals surface area (Å²) in [7, 11) is 0. The predicted molar refractivity (Wildman–Crippen MR) is 82.8 cm³/mol. The van der Waals surface area contributed by atoms with Crippen molar-refractivity contribution in [2.24, 2.45) is 5.92 Å². The van der Waals surface area contributed by atoms with E-state index in [2.05, 4.69) is 6.58 Å². The Morgan fingerprint density at radius 1 is 1.24 bits per heavy atom. The molecule has 1 saturated heterocycles. The minimum Gasteiger partial charge on any atom is -0.445 e. The minimum atomic E-state index is -0.180. The fourth-order valence-corrected chi connectivity index (χ4v) is 3.30. The van der Waals surface area contributed by atoms with Gasteiger partial charge in [-0.05, 0) is 43.6 Å². The molecule has 1 aliphatic carbocycles. The van der Waals surface area contributed by atoms with Gasteiger partial charge in [0, 0.05) is 6.04 Å². The Kier molecular flexibility index (Phi) is 4.28. The van der Waals surface area contributed by atoms with Crippen molar-refractivity contribution in [1.29, 1.82) is 0 Å². The third-order valence-corrected chi connectivity index (χ3v) is 4.57. The maximum absolute atomic E-state index is 12.5. The van der Waals surface area contributed by atoms with Crippen LogP contribution in [0, 0.1) is 5.92 Å². The van der Waals surface area contributed by atoms with Crippen molar-refractivity contribution < 1.29 is 9.53 Å². The zero-order valence-corrected chi connectivity index (χ0v) is 12.4. The summed E-state index contributed by atoms with van der Waals surface area (Å²) < 4.78 is 5.55. The standard InChI is InChI=1S/C18H23NO2/c1-2-16-9-6-10-17(15-11-12-15)19(16)18(20)21-13-14-7-4-3-5-8-14/h2-5,7-8,15-17H,1,6,9-13H2/t16-,17-/m0/s1. The summed E-state index contributed by atoms with van der Waals surface area (Å²) in [6.45, 7) is 4.24. The summed E-state index contributed by atoms with van der Waals surface area (Å²) in [5.74, 6) is 0.678. The largest absolute Gasteiger partial charge is 0.445 e. The molecule has 2 fully saturated rings. The van der Waals surface area contributed by atoms with Gasteiger partial charge in [-0.3, -0.25) is 4.90 Å². The lowest BCUT2D eigenvalue weighted by molar-refractivity contribution is 0.0469. The highest BCUT2D eigenvalue weighted by molar-refractivity contribution is 5.69. The normalized spacial score (nSPS) is 25.4.